The van der Waals surface area contributed by atoms with Gasteiger partial charge in [-0.3, -0.25) is 4.79 Å². The van der Waals surface area contributed by atoms with E-state index in [1.165, 1.54) is 18.2 Å². The third-order valence-corrected chi connectivity index (χ3v) is 6.88. The molecule has 2 fully saturated rings. The van der Waals surface area contributed by atoms with E-state index in [2.05, 4.69) is 10.2 Å². The summed E-state index contributed by atoms with van der Waals surface area (Å²) in [5, 5.41) is 4.25. The fourth-order valence-corrected chi connectivity index (χ4v) is 4.90. The van der Waals surface area contributed by atoms with E-state index in [-0.39, 0.29) is 17.2 Å². The van der Waals surface area contributed by atoms with Gasteiger partial charge in [-0.25, -0.2) is 0 Å². The Morgan fingerprint density at radius 1 is 1.35 bits per heavy atom. The molecule has 0 radical (unpaired) electrons. The van der Waals surface area contributed by atoms with Crippen molar-refractivity contribution in [2.45, 2.75) is 42.4 Å². The van der Waals surface area contributed by atoms with Crippen molar-refractivity contribution in [1.82, 2.24) is 10.2 Å². The third-order valence-electron chi connectivity index (χ3n) is 5.04. The maximum absolute atomic E-state index is 12.5. The van der Waals surface area contributed by atoms with Crippen molar-refractivity contribution in [3.05, 3.63) is 28.2 Å². The Balaban J connectivity index is 1.42. The molecule has 2 aliphatic rings. The van der Waals surface area contributed by atoms with Crippen LogP contribution in [-0.2, 0) is 9.53 Å². The van der Waals surface area contributed by atoms with Crippen LogP contribution in [0.2, 0.25) is 10.0 Å². The number of carbonyl (C=O) groups excluding carboxylic acids is 1. The van der Waals surface area contributed by atoms with Crippen molar-refractivity contribution >= 4 is 40.9 Å². The van der Waals surface area contributed by atoms with Gasteiger partial charge in [0.1, 0.15) is 0 Å². The molecule has 4 nitrogen and oxygen atoms in total. The maximum atomic E-state index is 12.5. The first-order valence-corrected chi connectivity index (χ1v) is 10.9. The topological polar surface area (TPSA) is 41.6 Å². The first-order valence-electron chi connectivity index (χ1n) is 9.23. The Hall–Kier alpha value is -0.460. The molecule has 0 spiro atoms. The van der Waals surface area contributed by atoms with Gasteiger partial charge in [-0.05, 0) is 50.3 Å². The molecule has 1 N–H and O–H groups in total. The Bertz CT molecular complexity index is 618. The van der Waals surface area contributed by atoms with Gasteiger partial charge in [0.15, 0.2) is 0 Å². The summed E-state index contributed by atoms with van der Waals surface area (Å²) in [5.41, 5.74) is 0. The number of benzene rings is 1. The second-order valence-corrected chi connectivity index (χ2v) is 9.37. The number of amides is 1. The Labute approximate surface area is 169 Å². The molecule has 0 bridgehead atoms. The number of ether oxygens (including phenoxy) is 1. The lowest BCUT2D eigenvalue weighted by atomic mass is 10.0. The maximum Gasteiger partial charge on any atom is 0.233 e. The number of thioether (sulfide) groups is 1. The van der Waals surface area contributed by atoms with E-state index >= 15 is 0 Å². The molecule has 2 heterocycles. The van der Waals surface area contributed by atoms with E-state index in [0.717, 1.165) is 50.6 Å². The van der Waals surface area contributed by atoms with Gasteiger partial charge < -0.3 is 15.0 Å². The summed E-state index contributed by atoms with van der Waals surface area (Å²) in [6.45, 7) is 6.93. The molecule has 0 aromatic heterocycles. The molecule has 1 aromatic rings. The Kier molecular flexibility index (Phi) is 7.53. The van der Waals surface area contributed by atoms with Crippen LogP contribution in [0.3, 0.4) is 0 Å². The molecule has 2 aliphatic heterocycles. The first kappa shape index (κ1) is 20.3. The quantitative estimate of drug-likeness (QED) is 0.708. The highest BCUT2D eigenvalue weighted by Crippen LogP contribution is 2.32. The molecule has 7 heteroatoms. The SMILES string of the molecule is CC(Sc1cc(Cl)ccc1Cl)C(=O)NC1CCN(CC2CCOC2)CC1. The van der Waals surface area contributed by atoms with Crippen LogP contribution in [0.1, 0.15) is 26.2 Å². The molecule has 1 amide bonds. The minimum absolute atomic E-state index is 0.0636. The highest BCUT2D eigenvalue weighted by molar-refractivity contribution is 8.00. The van der Waals surface area contributed by atoms with Gasteiger partial charge in [0.05, 0.1) is 16.9 Å². The molecular formula is C19H26Cl2N2O2S. The number of piperidine rings is 1. The number of nitrogens with zero attached hydrogens (tertiary/aromatic N) is 1. The number of rotatable bonds is 6. The highest BCUT2D eigenvalue weighted by atomic mass is 35.5. The van der Waals surface area contributed by atoms with Crippen molar-refractivity contribution in [2.75, 3.05) is 32.8 Å². The standard InChI is InChI=1S/C19H26Cl2N2O2S/c1-13(26-18-10-15(20)2-3-17(18)21)19(24)22-16-4-7-23(8-5-16)11-14-6-9-25-12-14/h2-3,10,13-14,16H,4-9,11-12H2,1H3,(H,22,24). The van der Waals surface area contributed by atoms with Gasteiger partial charge in [0.25, 0.3) is 0 Å². The second-order valence-electron chi connectivity index (χ2n) is 7.15. The van der Waals surface area contributed by atoms with Crippen LogP contribution in [0.4, 0.5) is 0 Å². The van der Waals surface area contributed by atoms with Crippen molar-refractivity contribution in [2.24, 2.45) is 5.92 Å². The van der Waals surface area contributed by atoms with Gasteiger partial charge in [-0.15, -0.1) is 11.8 Å². The minimum Gasteiger partial charge on any atom is -0.381 e. The average molecular weight is 417 g/mol. The molecule has 0 aliphatic carbocycles. The van der Waals surface area contributed by atoms with Crippen LogP contribution < -0.4 is 5.32 Å². The monoisotopic (exact) mass is 416 g/mol. The summed E-state index contributed by atoms with van der Waals surface area (Å²) >= 11 is 13.7. The fraction of sp³-hybridized carbons (Fsp3) is 0.632. The normalized spacial score (nSPS) is 23.1. The summed E-state index contributed by atoms with van der Waals surface area (Å²) in [5.74, 6) is 0.744. The average Bonchev–Trinajstić information content (AvgIpc) is 3.13. The molecular weight excluding hydrogens is 391 g/mol. The molecule has 0 saturated carbocycles. The van der Waals surface area contributed by atoms with E-state index in [0.29, 0.717) is 16.0 Å². The lowest BCUT2D eigenvalue weighted by molar-refractivity contribution is -0.121. The number of nitrogens with one attached hydrogen (secondary N) is 1. The van der Waals surface area contributed by atoms with Crippen LogP contribution in [0, 0.1) is 5.92 Å². The smallest absolute Gasteiger partial charge is 0.233 e. The van der Waals surface area contributed by atoms with Crippen LogP contribution in [0.5, 0.6) is 0 Å². The molecule has 2 atom stereocenters. The zero-order chi connectivity index (χ0) is 18.5. The van der Waals surface area contributed by atoms with Gasteiger partial charge >= 0.3 is 0 Å². The molecule has 1 aromatic carbocycles. The minimum atomic E-state index is -0.209. The lowest BCUT2D eigenvalue weighted by Crippen LogP contribution is -2.47. The number of likely N-dealkylation sites (tertiary alicyclic amines) is 1. The predicted molar refractivity (Wildman–Crippen MR) is 108 cm³/mol. The van der Waals surface area contributed by atoms with Crippen LogP contribution in [0.15, 0.2) is 23.1 Å². The highest BCUT2D eigenvalue weighted by Gasteiger charge is 2.26. The largest absolute Gasteiger partial charge is 0.381 e. The van der Waals surface area contributed by atoms with E-state index in [9.17, 15) is 4.79 Å². The van der Waals surface area contributed by atoms with Crippen LogP contribution in [0.25, 0.3) is 0 Å². The third kappa shape index (κ3) is 5.77. The van der Waals surface area contributed by atoms with E-state index < -0.39 is 0 Å². The van der Waals surface area contributed by atoms with E-state index in [1.807, 2.05) is 13.0 Å². The summed E-state index contributed by atoms with van der Waals surface area (Å²) in [6.07, 6.45) is 3.20. The predicted octanol–water partition coefficient (Wildman–Crippen LogP) is 4.09. The van der Waals surface area contributed by atoms with Gasteiger partial charge in [-0.2, -0.15) is 0 Å². The van der Waals surface area contributed by atoms with Crippen molar-refractivity contribution in [3.8, 4) is 0 Å². The summed E-state index contributed by atoms with van der Waals surface area (Å²) in [4.78, 5) is 15.9. The summed E-state index contributed by atoms with van der Waals surface area (Å²) in [6, 6.07) is 5.59. The first-order chi connectivity index (χ1) is 12.5. The van der Waals surface area contributed by atoms with Crippen molar-refractivity contribution in [1.29, 1.82) is 0 Å². The zero-order valence-electron chi connectivity index (χ0n) is 15.0. The number of halogens is 2. The van der Waals surface area contributed by atoms with Crippen molar-refractivity contribution in [3.63, 3.8) is 0 Å². The number of hydrogen-bond donors (Lipinski definition) is 1. The number of carbonyl (C=O) groups is 1. The van der Waals surface area contributed by atoms with Gasteiger partial charge in [-0.1, -0.05) is 23.2 Å². The molecule has 2 unspecified atom stereocenters. The molecule has 2 saturated heterocycles. The van der Waals surface area contributed by atoms with Crippen LogP contribution in [-0.4, -0.2) is 54.9 Å². The van der Waals surface area contributed by atoms with Crippen LogP contribution >= 0.6 is 35.0 Å². The molecule has 144 valence electrons. The van der Waals surface area contributed by atoms with E-state index in [4.69, 9.17) is 27.9 Å². The Morgan fingerprint density at radius 3 is 2.81 bits per heavy atom. The Morgan fingerprint density at radius 2 is 2.12 bits per heavy atom. The zero-order valence-corrected chi connectivity index (χ0v) is 17.4. The van der Waals surface area contributed by atoms with Gasteiger partial charge in [0.2, 0.25) is 5.91 Å². The van der Waals surface area contributed by atoms with Crippen molar-refractivity contribution < 1.29 is 9.53 Å². The second kappa shape index (κ2) is 9.65. The van der Waals surface area contributed by atoms with E-state index in [1.54, 1.807) is 12.1 Å². The molecule has 26 heavy (non-hydrogen) atoms. The van der Waals surface area contributed by atoms with Gasteiger partial charge in [0, 0.05) is 42.2 Å². The fourth-order valence-electron chi connectivity index (χ4n) is 3.48. The summed E-state index contributed by atoms with van der Waals surface area (Å²) < 4.78 is 5.46. The summed E-state index contributed by atoms with van der Waals surface area (Å²) in [7, 11) is 0. The lowest BCUT2D eigenvalue weighted by Gasteiger charge is -2.34. The number of hydrogen-bond acceptors (Lipinski definition) is 4. The molecule has 3 rings (SSSR count).